The van der Waals surface area contributed by atoms with Crippen molar-refractivity contribution in [2.75, 3.05) is 26.4 Å². The highest BCUT2D eigenvalue weighted by Crippen LogP contribution is 1.97. The van der Waals surface area contributed by atoms with E-state index in [0.29, 0.717) is 26.4 Å². The van der Waals surface area contributed by atoms with Crippen molar-refractivity contribution in [2.45, 2.75) is 13.3 Å². The Bertz CT molecular complexity index is 211. The zero-order chi connectivity index (χ0) is 11.5. The van der Waals surface area contributed by atoms with Crippen molar-refractivity contribution in [3.05, 3.63) is 25.0 Å². The average molecular weight is 214 g/mol. The van der Waals surface area contributed by atoms with Gasteiger partial charge in [0.1, 0.15) is 6.61 Å². The lowest BCUT2D eigenvalue weighted by Crippen LogP contribution is -2.12. The number of esters is 1. The third-order valence-corrected chi connectivity index (χ3v) is 1.47. The summed E-state index contributed by atoms with van der Waals surface area (Å²) in [5.74, 6) is -0.507. The van der Waals surface area contributed by atoms with Crippen molar-refractivity contribution >= 4 is 5.97 Å². The van der Waals surface area contributed by atoms with Gasteiger partial charge in [-0.05, 0) is 19.9 Å². The Hall–Kier alpha value is -1.29. The number of hydrogen-bond acceptors (Lipinski definition) is 4. The topological polar surface area (TPSA) is 44.8 Å². The number of carbonyl (C=O) groups excluding carboxylic acids is 1. The van der Waals surface area contributed by atoms with Gasteiger partial charge in [-0.2, -0.15) is 0 Å². The Kier molecular flexibility index (Phi) is 8.47. The summed E-state index contributed by atoms with van der Waals surface area (Å²) in [7, 11) is 0. The minimum Gasteiger partial charge on any atom is -0.485 e. The summed E-state index contributed by atoms with van der Waals surface area (Å²) in [5.41, 5.74) is 0. The summed E-state index contributed by atoms with van der Waals surface area (Å²) in [6, 6.07) is 0. The zero-order valence-corrected chi connectivity index (χ0v) is 9.16. The molecule has 86 valence electrons. The molecular weight excluding hydrogens is 196 g/mol. The first kappa shape index (κ1) is 13.7. The second-order valence-electron chi connectivity index (χ2n) is 2.68. The van der Waals surface area contributed by atoms with Crippen LogP contribution in [0, 0.1) is 0 Å². The van der Waals surface area contributed by atoms with Crippen molar-refractivity contribution in [1.29, 1.82) is 0 Å². The van der Waals surface area contributed by atoms with E-state index >= 15 is 0 Å². The van der Waals surface area contributed by atoms with Crippen LogP contribution in [-0.2, 0) is 19.0 Å². The molecule has 15 heavy (non-hydrogen) atoms. The molecule has 0 aliphatic rings. The van der Waals surface area contributed by atoms with Crippen molar-refractivity contribution in [3.63, 3.8) is 0 Å². The fraction of sp³-hybridized carbons (Fsp3) is 0.545. The van der Waals surface area contributed by atoms with Crippen LogP contribution < -0.4 is 0 Å². The molecule has 0 rings (SSSR count). The van der Waals surface area contributed by atoms with Gasteiger partial charge in [-0.1, -0.05) is 6.08 Å². The van der Waals surface area contributed by atoms with E-state index < -0.39 is 5.97 Å². The molecule has 0 unspecified atom stereocenters. The average Bonchev–Trinajstić information content (AvgIpc) is 2.23. The molecule has 0 radical (unpaired) electrons. The quantitative estimate of drug-likeness (QED) is 0.192. The maximum atomic E-state index is 11.0. The van der Waals surface area contributed by atoms with Gasteiger partial charge in [0.05, 0.1) is 19.8 Å². The van der Waals surface area contributed by atoms with Gasteiger partial charge in [-0.25, -0.2) is 4.79 Å². The van der Waals surface area contributed by atoms with E-state index in [4.69, 9.17) is 9.47 Å². The highest BCUT2D eigenvalue weighted by atomic mass is 16.6. The van der Waals surface area contributed by atoms with Gasteiger partial charge in [0, 0.05) is 0 Å². The maximum absolute atomic E-state index is 11.0. The van der Waals surface area contributed by atoms with Crippen LogP contribution in [0.1, 0.15) is 13.3 Å². The van der Waals surface area contributed by atoms with E-state index in [-0.39, 0.29) is 5.76 Å². The predicted molar refractivity (Wildman–Crippen MR) is 57.4 cm³/mol. The summed E-state index contributed by atoms with van der Waals surface area (Å²) in [6.45, 7) is 10.4. The molecule has 0 N–H and O–H groups in total. The van der Waals surface area contributed by atoms with Crippen LogP contribution in [0.2, 0.25) is 0 Å². The third kappa shape index (κ3) is 7.76. The normalized spacial score (nSPS) is 9.40. The molecule has 0 atom stereocenters. The molecule has 0 aromatic heterocycles. The van der Waals surface area contributed by atoms with Gasteiger partial charge in [0.2, 0.25) is 0 Å². The molecule has 0 spiro atoms. The van der Waals surface area contributed by atoms with Gasteiger partial charge >= 0.3 is 5.97 Å². The smallest absolute Gasteiger partial charge is 0.372 e. The molecule has 0 amide bonds. The SMILES string of the molecule is C=CCCOCCOC(=C)C(=O)OCC. The lowest BCUT2D eigenvalue weighted by Gasteiger charge is -2.08. The number of hydrogen-bond donors (Lipinski definition) is 0. The van der Waals surface area contributed by atoms with Crippen molar-refractivity contribution in [2.24, 2.45) is 0 Å². The Morgan fingerprint density at radius 3 is 2.60 bits per heavy atom. The minimum absolute atomic E-state index is 0.0178. The first-order valence-corrected chi connectivity index (χ1v) is 4.89. The molecular formula is C11H18O4. The van der Waals surface area contributed by atoms with E-state index in [2.05, 4.69) is 17.9 Å². The molecule has 0 aromatic carbocycles. The predicted octanol–water partition coefficient (Wildman–Crippen LogP) is 1.67. The third-order valence-electron chi connectivity index (χ3n) is 1.47. The standard InChI is InChI=1S/C11H18O4/c1-4-6-7-13-8-9-15-10(3)11(12)14-5-2/h4H,1,3,5-9H2,2H3. The molecule has 4 nitrogen and oxygen atoms in total. The molecule has 0 bridgehead atoms. The highest BCUT2D eigenvalue weighted by molar-refractivity contribution is 5.85. The fourth-order valence-electron chi connectivity index (χ4n) is 0.763. The van der Waals surface area contributed by atoms with Crippen molar-refractivity contribution < 1.29 is 19.0 Å². The first-order chi connectivity index (χ1) is 7.22. The summed E-state index contributed by atoms with van der Waals surface area (Å²) in [4.78, 5) is 11.0. The largest absolute Gasteiger partial charge is 0.485 e. The Morgan fingerprint density at radius 2 is 2.00 bits per heavy atom. The van der Waals surface area contributed by atoms with Gasteiger partial charge in [0.25, 0.3) is 0 Å². The van der Waals surface area contributed by atoms with Crippen LogP contribution in [0.4, 0.5) is 0 Å². The zero-order valence-electron chi connectivity index (χ0n) is 9.16. The van der Waals surface area contributed by atoms with Crippen LogP contribution in [0.25, 0.3) is 0 Å². The number of rotatable bonds is 9. The van der Waals surface area contributed by atoms with E-state index in [1.54, 1.807) is 13.0 Å². The molecule has 4 heteroatoms. The van der Waals surface area contributed by atoms with E-state index in [1.165, 1.54) is 0 Å². The van der Waals surface area contributed by atoms with Crippen LogP contribution in [0.5, 0.6) is 0 Å². The van der Waals surface area contributed by atoms with Gasteiger partial charge < -0.3 is 14.2 Å². The van der Waals surface area contributed by atoms with E-state index in [0.717, 1.165) is 6.42 Å². The molecule has 0 heterocycles. The van der Waals surface area contributed by atoms with Crippen LogP contribution in [0.3, 0.4) is 0 Å². The maximum Gasteiger partial charge on any atom is 0.372 e. The summed E-state index contributed by atoms with van der Waals surface area (Å²) >= 11 is 0. The minimum atomic E-state index is -0.524. The number of carbonyl (C=O) groups is 1. The lowest BCUT2D eigenvalue weighted by atomic mass is 10.5. The monoisotopic (exact) mass is 214 g/mol. The van der Waals surface area contributed by atoms with Gasteiger partial charge in [-0.15, -0.1) is 6.58 Å². The first-order valence-electron chi connectivity index (χ1n) is 4.89. The van der Waals surface area contributed by atoms with Crippen LogP contribution >= 0.6 is 0 Å². The second kappa shape index (κ2) is 9.27. The van der Waals surface area contributed by atoms with Crippen molar-refractivity contribution in [1.82, 2.24) is 0 Å². The Balaban J connectivity index is 3.38. The summed E-state index contributed by atoms with van der Waals surface area (Å²) in [6.07, 6.45) is 2.58. The summed E-state index contributed by atoms with van der Waals surface area (Å²) in [5, 5.41) is 0. The Labute approximate surface area is 90.5 Å². The van der Waals surface area contributed by atoms with E-state index in [9.17, 15) is 4.79 Å². The van der Waals surface area contributed by atoms with Gasteiger partial charge in [0.15, 0.2) is 5.76 Å². The Morgan fingerprint density at radius 1 is 1.27 bits per heavy atom. The fourth-order valence-corrected chi connectivity index (χ4v) is 0.763. The molecule has 0 fully saturated rings. The molecule has 0 saturated carbocycles. The van der Waals surface area contributed by atoms with Gasteiger partial charge in [-0.3, -0.25) is 0 Å². The molecule has 0 aliphatic carbocycles. The molecule has 0 aliphatic heterocycles. The van der Waals surface area contributed by atoms with Crippen molar-refractivity contribution in [3.8, 4) is 0 Å². The second-order valence-corrected chi connectivity index (χ2v) is 2.68. The summed E-state index contributed by atoms with van der Waals surface area (Å²) < 4.78 is 14.9. The number of ether oxygens (including phenoxy) is 3. The van der Waals surface area contributed by atoms with Crippen LogP contribution in [0.15, 0.2) is 25.0 Å². The van der Waals surface area contributed by atoms with Crippen LogP contribution in [-0.4, -0.2) is 32.4 Å². The molecule has 0 saturated heterocycles. The lowest BCUT2D eigenvalue weighted by molar-refractivity contribution is -0.142. The highest BCUT2D eigenvalue weighted by Gasteiger charge is 2.07. The van der Waals surface area contributed by atoms with E-state index in [1.807, 2.05) is 0 Å². The molecule has 0 aromatic rings.